The fraction of sp³-hybridized carbons (Fsp3) is 0.500. The molecule has 0 spiro atoms. The number of carbonyl (C=O) groups is 1. The van der Waals surface area contributed by atoms with Gasteiger partial charge in [-0.15, -0.1) is 10.2 Å². The Morgan fingerprint density at radius 2 is 2.18 bits per heavy atom. The molecule has 1 atom stereocenters. The number of hydrogen-bond donors (Lipinski definition) is 0. The predicted octanol–water partition coefficient (Wildman–Crippen LogP) is 2.61. The summed E-state index contributed by atoms with van der Waals surface area (Å²) in [7, 11) is 1.73. The molecule has 0 aliphatic heterocycles. The SMILES string of the molecule is CSCC(C)N(C)C(=O)c1cc(Cl)nnc1Cl. The molecule has 17 heavy (non-hydrogen) atoms. The second-order valence-electron chi connectivity index (χ2n) is 3.59. The molecular formula is C10H13Cl2N3OS. The van der Waals surface area contributed by atoms with Crippen molar-refractivity contribution >= 4 is 40.9 Å². The van der Waals surface area contributed by atoms with Crippen LogP contribution in [-0.4, -0.2) is 46.1 Å². The molecule has 0 aromatic carbocycles. The largest absolute Gasteiger partial charge is 0.338 e. The monoisotopic (exact) mass is 293 g/mol. The molecule has 0 fully saturated rings. The summed E-state index contributed by atoms with van der Waals surface area (Å²) in [5.74, 6) is 0.653. The maximum absolute atomic E-state index is 12.1. The first-order valence-electron chi connectivity index (χ1n) is 4.92. The van der Waals surface area contributed by atoms with E-state index in [1.165, 1.54) is 6.07 Å². The lowest BCUT2D eigenvalue weighted by Crippen LogP contribution is -2.36. The highest BCUT2D eigenvalue weighted by Crippen LogP contribution is 2.18. The summed E-state index contributed by atoms with van der Waals surface area (Å²) in [5.41, 5.74) is 0.280. The van der Waals surface area contributed by atoms with Crippen LogP contribution < -0.4 is 0 Å². The fourth-order valence-corrected chi connectivity index (χ4v) is 2.27. The molecule has 94 valence electrons. The standard InChI is InChI=1S/C10H13Cl2N3OS/c1-6(5-17-3)15(2)10(16)7-4-8(11)13-14-9(7)12/h4,6H,5H2,1-3H3. The molecule has 4 nitrogen and oxygen atoms in total. The van der Waals surface area contributed by atoms with E-state index in [1.807, 2.05) is 13.2 Å². The molecule has 1 rings (SSSR count). The van der Waals surface area contributed by atoms with Gasteiger partial charge in [0.1, 0.15) is 0 Å². The first kappa shape index (κ1) is 14.5. The smallest absolute Gasteiger partial charge is 0.257 e. The van der Waals surface area contributed by atoms with E-state index >= 15 is 0 Å². The van der Waals surface area contributed by atoms with Crippen LogP contribution in [0.2, 0.25) is 10.3 Å². The van der Waals surface area contributed by atoms with Crippen LogP contribution in [0.25, 0.3) is 0 Å². The zero-order valence-electron chi connectivity index (χ0n) is 9.78. The number of thioether (sulfide) groups is 1. The van der Waals surface area contributed by atoms with Crippen LogP contribution in [-0.2, 0) is 0 Å². The molecule has 0 radical (unpaired) electrons. The first-order valence-corrected chi connectivity index (χ1v) is 7.07. The molecule has 0 aliphatic rings. The van der Waals surface area contributed by atoms with Crippen molar-refractivity contribution < 1.29 is 4.79 Å². The second-order valence-corrected chi connectivity index (χ2v) is 5.25. The van der Waals surface area contributed by atoms with Crippen molar-refractivity contribution in [2.45, 2.75) is 13.0 Å². The van der Waals surface area contributed by atoms with Crippen LogP contribution in [0.5, 0.6) is 0 Å². The van der Waals surface area contributed by atoms with Gasteiger partial charge >= 0.3 is 0 Å². The predicted molar refractivity (Wildman–Crippen MR) is 72.0 cm³/mol. The lowest BCUT2D eigenvalue weighted by molar-refractivity contribution is 0.0757. The Labute approximate surface area is 115 Å². The summed E-state index contributed by atoms with van der Waals surface area (Å²) in [5, 5.41) is 7.42. The molecule has 0 saturated heterocycles. The Morgan fingerprint density at radius 3 is 2.76 bits per heavy atom. The van der Waals surface area contributed by atoms with Crippen molar-refractivity contribution in [3.05, 3.63) is 21.9 Å². The Balaban J connectivity index is 2.92. The third kappa shape index (κ3) is 3.72. The summed E-state index contributed by atoms with van der Waals surface area (Å²) >= 11 is 13.2. The molecule has 7 heteroatoms. The maximum Gasteiger partial charge on any atom is 0.257 e. The van der Waals surface area contributed by atoms with Gasteiger partial charge in [-0.2, -0.15) is 11.8 Å². The van der Waals surface area contributed by atoms with Crippen molar-refractivity contribution in [1.82, 2.24) is 15.1 Å². The number of amides is 1. The number of carbonyl (C=O) groups excluding carboxylic acids is 1. The number of hydrogen-bond acceptors (Lipinski definition) is 4. The Kier molecular flexibility index (Phi) is 5.49. The van der Waals surface area contributed by atoms with E-state index in [2.05, 4.69) is 10.2 Å². The van der Waals surface area contributed by atoms with Gasteiger partial charge in [-0.1, -0.05) is 23.2 Å². The van der Waals surface area contributed by atoms with Crippen LogP contribution in [0.3, 0.4) is 0 Å². The van der Waals surface area contributed by atoms with Crippen LogP contribution in [0.4, 0.5) is 0 Å². The van der Waals surface area contributed by atoms with E-state index in [4.69, 9.17) is 23.2 Å². The second kappa shape index (κ2) is 6.42. The molecule has 0 saturated carbocycles. The molecule has 1 heterocycles. The van der Waals surface area contributed by atoms with Crippen molar-refractivity contribution in [2.75, 3.05) is 19.1 Å². The van der Waals surface area contributed by atoms with Crippen LogP contribution >= 0.6 is 35.0 Å². The Hall–Kier alpha value is -0.520. The lowest BCUT2D eigenvalue weighted by Gasteiger charge is -2.24. The summed E-state index contributed by atoms with van der Waals surface area (Å²) in [6.45, 7) is 1.97. The van der Waals surface area contributed by atoms with Gasteiger partial charge in [0.25, 0.3) is 5.91 Å². The number of nitrogens with zero attached hydrogens (tertiary/aromatic N) is 3. The van der Waals surface area contributed by atoms with Crippen molar-refractivity contribution in [1.29, 1.82) is 0 Å². The first-order chi connectivity index (χ1) is 7.97. The Morgan fingerprint density at radius 1 is 1.53 bits per heavy atom. The third-order valence-corrected chi connectivity index (χ3v) is 3.62. The molecule has 0 N–H and O–H groups in total. The van der Waals surface area contributed by atoms with E-state index in [0.717, 1.165) is 5.75 Å². The Bertz CT molecular complexity index is 417. The minimum absolute atomic E-state index is 0.0719. The topological polar surface area (TPSA) is 46.1 Å². The van der Waals surface area contributed by atoms with Gasteiger partial charge in [0.15, 0.2) is 10.3 Å². The zero-order chi connectivity index (χ0) is 13.0. The molecule has 1 aromatic rings. The average molecular weight is 294 g/mol. The minimum Gasteiger partial charge on any atom is -0.338 e. The third-order valence-electron chi connectivity index (χ3n) is 2.34. The van der Waals surface area contributed by atoms with Crippen molar-refractivity contribution in [3.8, 4) is 0 Å². The summed E-state index contributed by atoms with van der Waals surface area (Å²) in [4.78, 5) is 13.8. The van der Waals surface area contributed by atoms with Gasteiger partial charge in [0, 0.05) is 18.8 Å². The highest BCUT2D eigenvalue weighted by Gasteiger charge is 2.20. The average Bonchev–Trinajstić information content (AvgIpc) is 2.30. The molecule has 1 unspecified atom stereocenters. The minimum atomic E-state index is -0.201. The van der Waals surface area contributed by atoms with Crippen LogP contribution in [0.15, 0.2) is 6.07 Å². The van der Waals surface area contributed by atoms with E-state index in [-0.39, 0.29) is 27.8 Å². The van der Waals surface area contributed by atoms with Gasteiger partial charge in [-0.05, 0) is 19.2 Å². The summed E-state index contributed by atoms with van der Waals surface area (Å²) in [6.07, 6.45) is 1.99. The summed E-state index contributed by atoms with van der Waals surface area (Å²) in [6, 6.07) is 1.54. The zero-order valence-corrected chi connectivity index (χ0v) is 12.1. The molecule has 0 aliphatic carbocycles. The molecular weight excluding hydrogens is 281 g/mol. The molecule has 1 amide bonds. The van der Waals surface area contributed by atoms with Gasteiger partial charge < -0.3 is 4.90 Å². The number of aromatic nitrogens is 2. The van der Waals surface area contributed by atoms with E-state index in [1.54, 1.807) is 23.7 Å². The van der Waals surface area contributed by atoms with Crippen LogP contribution in [0.1, 0.15) is 17.3 Å². The van der Waals surface area contributed by atoms with E-state index in [0.29, 0.717) is 0 Å². The molecule has 1 aromatic heterocycles. The van der Waals surface area contributed by atoms with Crippen LogP contribution in [0, 0.1) is 0 Å². The van der Waals surface area contributed by atoms with Crippen molar-refractivity contribution in [3.63, 3.8) is 0 Å². The fourth-order valence-electron chi connectivity index (χ4n) is 1.25. The normalized spacial score (nSPS) is 12.3. The number of rotatable bonds is 4. The number of halogens is 2. The van der Waals surface area contributed by atoms with E-state index in [9.17, 15) is 4.79 Å². The van der Waals surface area contributed by atoms with Gasteiger partial charge in [-0.25, -0.2) is 0 Å². The van der Waals surface area contributed by atoms with E-state index < -0.39 is 0 Å². The summed E-state index contributed by atoms with van der Waals surface area (Å²) < 4.78 is 0. The van der Waals surface area contributed by atoms with Crippen molar-refractivity contribution in [2.24, 2.45) is 0 Å². The molecule has 0 bridgehead atoms. The van der Waals surface area contributed by atoms with Gasteiger partial charge in [-0.3, -0.25) is 4.79 Å². The highest BCUT2D eigenvalue weighted by atomic mass is 35.5. The lowest BCUT2D eigenvalue weighted by atomic mass is 10.2. The maximum atomic E-state index is 12.1. The van der Waals surface area contributed by atoms with Gasteiger partial charge in [0.2, 0.25) is 0 Å². The quantitative estimate of drug-likeness (QED) is 0.856. The highest BCUT2D eigenvalue weighted by molar-refractivity contribution is 7.98. The van der Waals surface area contributed by atoms with Gasteiger partial charge in [0.05, 0.1) is 5.56 Å².